The van der Waals surface area contributed by atoms with E-state index in [1.54, 1.807) is 24.3 Å². The highest BCUT2D eigenvalue weighted by molar-refractivity contribution is 5.97. The van der Waals surface area contributed by atoms with Gasteiger partial charge in [-0.05, 0) is 24.6 Å². The van der Waals surface area contributed by atoms with Gasteiger partial charge in [0, 0.05) is 11.3 Å². The third kappa shape index (κ3) is 4.95. The summed E-state index contributed by atoms with van der Waals surface area (Å²) in [6, 6.07) is 14.6. The molecule has 2 aromatic rings. The van der Waals surface area contributed by atoms with Gasteiger partial charge in [-0.15, -0.1) is 0 Å². The van der Waals surface area contributed by atoms with Crippen LogP contribution in [0, 0.1) is 0 Å². The molecule has 0 radical (unpaired) electrons. The number of carbonyl (C=O) groups is 3. The van der Waals surface area contributed by atoms with Crippen molar-refractivity contribution in [3.05, 3.63) is 65.7 Å². The Hall–Kier alpha value is -3.15. The van der Waals surface area contributed by atoms with Crippen LogP contribution >= 0.6 is 0 Å². The average molecular weight is 325 g/mol. The van der Waals surface area contributed by atoms with Crippen molar-refractivity contribution in [2.24, 2.45) is 5.73 Å². The standard InChI is InChI=1S/C18H19N3O3/c1-12(22)14-8-5-9-15(10-14)20-17(23)11-16(21-18(19)24)13-6-3-2-4-7-13/h2-10,16H,11H2,1H3,(H,20,23)(H3,19,21,24)/t16-/m0/s1. The molecule has 3 amide bonds. The van der Waals surface area contributed by atoms with Crippen molar-refractivity contribution in [2.75, 3.05) is 5.32 Å². The van der Waals surface area contributed by atoms with Crippen LogP contribution in [0.2, 0.25) is 0 Å². The molecule has 4 N–H and O–H groups in total. The molecule has 6 nitrogen and oxygen atoms in total. The van der Waals surface area contributed by atoms with E-state index in [2.05, 4.69) is 10.6 Å². The number of nitrogens with one attached hydrogen (secondary N) is 2. The molecule has 0 aliphatic carbocycles. The van der Waals surface area contributed by atoms with Crippen molar-refractivity contribution in [1.82, 2.24) is 5.32 Å². The van der Waals surface area contributed by atoms with Gasteiger partial charge in [0.05, 0.1) is 12.5 Å². The maximum atomic E-state index is 12.3. The van der Waals surface area contributed by atoms with E-state index in [1.807, 2.05) is 30.3 Å². The van der Waals surface area contributed by atoms with Crippen LogP contribution in [0.25, 0.3) is 0 Å². The number of benzene rings is 2. The van der Waals surface area contributed by atoms with E-state index < -0.39 is 12.1 Å². The van der Waals surface area contributed by atoms with E-state index in [9.17, 15) is 14.4 Å². The van der Waals surface area contributed by atoms with Crippen LogP contribution in [0.5, 0.6) is 0 Å². The molecule has 6 heteroatoms. The van der Waals surface area contributed by atoms with Crippen molar-refractivity contribution < 1.29 is 14.4 Å². The molecule has 1 atom stereocenters. The summed E-state index contributed by atoms with van der Waals surface area (Å²) in [6.45, 7) is 1.46. The fraction of sp³-hybridized carbons (Fsp3) is 0.167. The second-order valence-corrected chi connectivity index (χ2v) is 5.36. The summed E-state index contributed by atoms with van der Waals surface area (Å²) in [4.78, 5) is 34.8. The van der Waals surface area contributed by atoms with Crippen LogP contribution in [-0.4, -0.2) is 17.7 Å². The molecular weight excluding hydrogens is 306 g/mol. The minimum Gasteiger partial charge on any atom is -0.352 e. The lowest BCUT2D eigenvalue weighted by molar-refractivity contribution is -0.116. The maximum absolute atomic E-state index is 12.3. The molecule has 0 fully saturated rings. The molecule has 0 heterocycles. The van der Waals surface area contributed by atoms with Crippen LogP contribution in [-0.2, 0) is 4.79 Å². The first-order valence-electron chi connectivity index (χ1n) is 7.47. The number of anilines is 1. The lowest BCUT2D eigenvalue weighted by atomic mass is 10.0. The van der Waals surface area contributed by atoms with Crippen LogP contribution in [0.15, 0.2) is 54.6 Å². The van der Waals surface area contributed by atoms with Crippen molar-refractivity contribution in [3.63, 3.8) is 0 Å². The van der Waals surface area contributed by atoms with Gasteiger partial charge in [0.15, 0.2) is 5.78 Å². The zero-order chi connectivity index (χ0) is 17.5. The van der Waals surface area contributed by atoms with Gasteiger partial charge in [-0.2, -0.15) is 0 Å². The lowest BCUT2D eigenvalue weighted by Crippen LogP contribution is -2.35. The molecule has 2 aromatic carbocycles. The Bertz CT molecular complexity index is 744. The summed E-state index contributed by atoms with van der Waals surface area (Å²) >= 11 is 0. The molecule has 124 valence electrons. The number of ketones is 1. The summed E-state index contributed by atoms with van der Waals surface area (Å²) in [5.41, 5.74) is 7.02. The molecule has 0 aromatic heterocycles. The molecule has 24 heavy (non-hydrogen) atoms. The molecule has 0 bridgehead atoms. The number of primary amides is 1. The van der Waals surface area contributed by atoms with Gasteiger partial charge in [0.1, 0.15) is 0 Å². The topological polar surface area (TPSA) is 101 Å². The second-order valence-electron chi connectivity index (χ2n) is 5.36. The van der Waals surface area contributed by atoms with E-state index in [4.69, 9.17) is 5.73 Å². The van der Waals surface area contributed by atoms with Gasteiger partial charge in [-0.25, -0.2) is 4.79 Å². The number of urea groups is 1. The maximum Gasteiger partial charge on any atom is 0.312 e. The van der Waals surface area contributed by atoms with Crippen LogP contribution in [0.3, 0.4) is 0 Å². The van der Waals surface area contributed by atoms with Gasteiger partial charge in [-0.1, -0.05) is 42.5 Å². The molecule has 0 unspecified atom stereocenters. The Kier molecular flexibility index (Phi) is 5.68. The number of carbonyl (C=O) groups excluding carboxylic acids is 3. The minimum absolute atomic E-state index is 0.0251. The summed E-state index contributed by atoms with van der Waals surface area (Å²) < 4.78 is 0. The number of nitrogens with two attached hydrogens (primary N) is 1. The number of amides is 3. The van der Waals surface area contributed by atoms with E-state index in [-0.39, 0.29) is 18.1 Å². The Labute approximate surface area is 140 Å². The predicted octanol–water partition coefficient (Wildman–Crippen LogP) is 2.63. The lowest BCUT2D eigenvalue weighted by Gasteiger charge is -2.17. The van der Waals surface area contributed by atoms with Crippen molar-refractivity contribution in [2.45, 2.75) is 19.4 Å². The van der Waals surface area contributed by atoms with E-state index in [0.717, 1.165) is 5.56 Å². The van der Waals surface area contributed by atoms with E-state index in [1.165, 1.54) is 6.92 Å². The van der Waals surface area contributed by atoms with Gasteiger partial charge in [-0.3, -0.25) is 9.59 Å². The first kappa shape index (κ1) is 17.2. The van der Waals surface area contributed by atoms with Gasteiger partial charge < -0.3 is 16.4 Å². The van der Waals surface area contributed by atoms with Crippen LogP contribution < -0.4 is 16.4 Å². The predicted molar refractivity (Wildman–Crippen MR) is 91.6 cm³/mol. The monoisotopic (exact) mass is 325 g/mol. The smallest absolute Gasteiger partial charge is 0.312 e. The first-order valence-corrected chi connectivity index (χ1v) is 7.47. The number of Topliss-reactive ketones (excluding diaryl/α,β-unsaturated/α-hetero) is 1. The zero-order valence-corrected chi connectivity index (χ0v) is 13.3. The van der Waals surface area contributed by atoms with E-state index >= 15 is 0 Å². The summed E-state index contributed by atoms with van der Waals surface area (Å²) in [7, 11) is 0. The number of hydrogen-bond acceptors (Lipinski definition) is 3. The number of rotatable bonds is 6. The fourth-order valence-corrected chi connectivity index (χ4v) is 2.32. The van der Waals surface area contributed by atoms with Crippen molar-refractivity contribution in [3.8, 4) is 0 Å². The summed E-state index contributed by atoms with van der Waals surface area (Å²) in [5.74, 6) is -0.373. The zero-order valence-electron chi connectivity index (χ0n) is 13.3. The van der Waals surface area contributed by atoms with Crippen molar-refractivity contribution >= 4 is 23.4 Å². The molecular formula is C18H19N3O3. The van der Waals surface area contributed by atoms with Crippen molar-refractivity contribution in [1.29, 1.82) is 0 Å². The number of hydrogen-bond donors (Lipinski definition) is 3. The quantitative estimate of drug-likeness (QED) is 0.712. The van der Waals surface area contributed by atoms with Gasteiger partial charge in [0.25, 0.3) is 0 Å². The molecule has 0 aliphatic rings. The second kappa shape index (κ2) is 7.92. The minimum atomic E-state index is -0.699. The molecule has 0 saturated carbocycles. The third-order valence-electron chi connectivity index (χ3n) is 3.46. The third-order valence-corrected chi connectivity index (χ3v) is 3.46. The highest BCUT2D eigenvalue weighted by Crippen LogP contribution is 2.18. The normalized spacial score (nSPS) is 11.4. The van der Waals surface area contributed by atoms with E-state index in [0.29, 0.717) is 11.3 Å². The largest absolute Gasteiger partial charge is 0.352 e. The van der Waals surface area contributed by atoms with Gasteiger partial charge in [0.2, 0.25) is 5.91 Å². The summed E-state index contributed by atoms with van der Waals surface area (Å²) in [6.07, 6.45) is 0.0251. The highest BCUT2D eigenvalue weighted by Gasteiger charge is 2.17. The van der Waals surface area contributed by atoms with Gasteiger partial charge >= 0.3 is 6.03 Å². The Morgan fingerprint density at radius 2 is 1.75 bits per heavy atom. The molecule has 2 rings (SSSR count). The SMILES string of the molecule is CC(=O)c1cccc(NC(=O)C[C@H](NC(N)=O)c2ccccc2)c1. The fourth-order valence-electron chi connectivity index (χ4n) is 2.32. The Balaban J connectivity index is 2.09. The molecule has 0 saturated heterocycles. The van der Waals surface area contributed by atoms with Crippen LogP contribution in [0.4, 0.5) is 10.5 Å². The summed E-state index contributed by atoms with van der Waals surface area (Å²) in [5, 5.41) is 5.29. The first-order chi connectivity index (χ1) is 11.5. The Morgan fingerprint density at radius 3 is 2.38 bits per heavy atom. The van der Waals surface area contributed by atoms with Crippen LogP contribution in [0.1, 0.15) is 35.3 Å². The molecule has 0 aliphatic heterocycles. The molecule has 0 spiro atoms. The highest BCUT2D eigenvalue weighted by atomic mass is 16.2. The average Bonchev–Trinajstić information content (AvgIpc) is 2.55. The Morgan fingerprint density at radius 1 is 1.04 bits per heavy atom.